The lowest BCUT2D eigenvalue weighted by molar-refractivity contribution is -0.122. The van der Waals surface area contributed by atoms with E-state index in [-0.39, 0.29) is 16.8 Å². The molecular formula is C27H26N2O5. The van der Waals surface area contributed by atoms with E-state index < -0.39 is 29.1 Å². The van der Waals surface area contributed by atoms with E-state index >= 15 is 0 Å². The molecule has 7 heteroatoms. The van der Waals surface area contributed by atoms with Gasteiger partial charge in [0.15, 0.2) is 0 Å². The number of imide groups is 1. The van der Waals surface area contributed by atoms with Crippen LogP contribution in [-0.4, -0.2) is 40.8 Å². The van der Waals surface area contributed by atoms with Gasteiger partial charge in [-0.1, -0.05) is 42.5 Å². The summed E-state index contributed by atoms with van der Waals surface area (Å²) in [6, 6.07) is 18.0. The number of aliphatic hydroxyl groups excluding tert-OH is 1. The van der Waals surface area contributed by atoms with E-state index in [0.717, 1.165) is 4.90 Å². The molecule has 0 radical (unpaired) electrons. The molecule has 0 bridgehead atoms. The van der Waals surface area contributed by atoms with Gasteiger partial charge >= 0.3 is 6.09 Å². The summed E-state index contributed by atoms with van der Waals surface area (Å²) >= 11 is 0. The predicted molar refractivity (Wildman–Crippen MR) is 126 cm³/mol. The van der Waals surface area contributed by atoms with Crippen molar-refractivity contribution in [3.63, 3.8) is 0 Å². The van der Waals surface area contributed by atoms with E-state index in [2.05, 4.69) is 6.07 Å². The molecule has 4 rings (SSSR count). The minimum Gasteiger partial charge on any atom is -0.497 e. The normalized spacial score (nSPS) is 22.1. The molecule has 1 heterocycles. The first-order valence-electron chi connectivity index (χ1n) is 10.9. The van der Waals surface area contributed by atoms with Crippen molar-refractivity contribution in [1.82, 2.24) is 4.90 Å². The van der Waals surface area contributed by atoms with E-state index in [1.54, 1.807) is 83.3 Å². The molecule has 0 aromatic heterocycles. The number of hydrogen-bond acceptors (Lipinski definition) is 6. The van der Waals surface area contributed by atoms with Gasteiger partial charge in [0, 0.05) is 5.57 Å². The Hall–Kier alpha value is -3.89. The number of carbonyl (C=O) groups excluding carboxylic acids is 2. The van der Waals surface area contributed by atoms with Gasteiger partial charge in [0.25, 0.3) is 5.91 Å². The maximum absolute atomic E-state index is 13.8. The Bertz CT molecular complexity index is 1260. The highest BCUT2D eigenvalue weighted by molar-refractivity contribution is 6.23. The molecule has 2 unspecified atom stereocenters. The standard InChI is InChI=1S/C27H26N2O5/c1-26(2,3)34-25(32)29-22(17-9-7-6-8-10-17)20-19(24(29)31)21(27(4,15-28)23(20)30)16-11-13-18(33-5)14-12-16/h6-14,23,30H,1-5H3. The number of nitriles is 1. The molecule has 7 nitrogen and oxygen atoms in total. The minimum absolute atomic E-state index is 0.145. The molecule has 0 fully saturated rings. The van der Waals surface area contributed by atoms with E-state index in [1.807, 2.05) is 6.07 Å². The number of rotatable bonds is 3. The second kappa shape index (κ2) is 8.15. The maximum atomic E-state index is 13.8. The van der Waals surface area contributed by atoms with Gasteiger partial charge in [-0.2, -0.15) is 5.26 Å². The van der Waals surface area contributed by atoms with Crippen LogP contribution in [0, 0.1) is 16.7 Å². The van der Waals surface area contributed by atoms with Crippen LogP contribution in [0.1, 0.15) is 38.8 Å². The fourth-order valence-electron chi connectivity index (χ4n) is 4.44. The molecule has 0 saturated heterocycles. The van der Waals surface area contributed by atoms with Crippen molar-refractivity contribution in [2.24, 2.45) is 5.41 Å². The van der Waals surface area contributed by atoms with Crippen molar-refractivity contribution >= 4 is 23.3 Å². The average Bonchev–Trinajstić information content (AvgIpc) is 3.23. The topological polar surface area (TPSA) is 99.9 Å². The van der Waals surface area contributed by atoms with Gasteiger partial charge in [-0.05, 0) is 56.5 Å². The zero-order valence-electron chi connectivity index (χ0n) is 19.7. The SMILES string of the molecule is COc1ccc(C2=C3C(=O)N(C(=O)OC(C)(C)C)C(c4ccccc4)=C3C(O)C2(C)C#N)cc1. The van der Waals surface area contributed by atoms with Crippen LogP contribution in [0.25, 0.3) is 11.3 Å². The molecule has 2 aromatic rings. The van der Waals surface area contributed by atoms with Crippen molar-refractivity contribution in [3.05, 3.63) is 76.9 Å². The third-order valence-electron chi connectivity index (χ3n) is 5.99. The van der Waals surface area contributed by atoms with Gasteiger partial charge in [0.05, 0.1) is 24.4 Å². The van der Waals surface area contributed by atoms with Crippen LogP contribution in [0.15, 0.2) is 65.7 Å². The van der Waals surface area contributed by atoms with E-state index in [9.17, 15) is 20.0 Å². The second-order valence-corrected chi connectivity index (χ2v) is 9.44. The lowest BCUT2D eigenvalue weighted by atomic mass is 9.78. The molecule has 174 valence electrons. The van der Waals surface area contributed by atoms with Crippen molar-refractivity contribution in [2.45, 2.75) is 39.4 Å². The first kappa shape index (κ1) is 23.3. The number of ether oxygens (including phenoxy) is 2. The first-order chi connectivity index (χ1) is 16.0. The highest BCUT2D eigenvalue weighted by atomic mass is 16.6. The van der Waals surface area contributed by atoms with Crippen molar-refractivity contribution in [3.8, 4) is 11.8 Å². The zero-order valence-corrected chi connectivity index (χ0v) is 19.7. The van der Waals surface area contributed by atoms with Crippen LogP contribution in [0.4, 0.5) is 4.79 Å². The predicted octanol–water partition coefficient (Wildman–Crippen LogP) is 4.54. The van der Waals surface area contributed by atoms with Crippen LogP contribution in [0.5, 0.6) is 5.75 Å². The number of carbonyl (C=O) groups is 2. The number of benzene rings is 2. The summed E-state index contributed by atoms with van der Waals surface area (Å²) in [5.74, 6) is -0.0210. The number of aliphatic hydroxyl groups is 1. The quantitative estimate of drug-likeness (QED) is 0.725. The van der Waals surface area contributed by atoms with Crippen molar-refractivity contribution in [1.29, 1.82) is 5.26 Å². The zero-order chi connectivity index (χ0) is 24.8. The average molecular weight is 459 g/mol. The van der Waals surface area contributed by atoms with Gasteiger partial charge in [-0.15, -0.1) is 0 Å². The first-order valence-corrected chi connectivity index (χ1v) is 10.9. The Morgan fingerprint density at radius 2 is 1.71 bits per heavy atom. The molecular weight excluding hydrogens is 432 g/mol. The molecule has 0 spiro atoms. The van der Waals surface area contributed by atoms with E-state index in [4.69, 9.17) is 9.47 Å². The highest BCUT2D eigenvalue weighted by Gasteiger charge is 2.57. The number of amides is 2. The summed E-state index contributed by atoms with van der Waals surface area (Å²) in [6.45, 7) is 6.74. The Kier molecular flexibility index (Phi) is 5.58. The number of hydrogen-bond donors (Lipinski definition) is 1. The largest absolute Gasteiger partial charge is 0.497 e. The van der Waals surface area contributed by atoms with Gasteiger partial charge < -0.3 is 14.6 Å². The molecule has 0 saturated carbocycles. The van der Waals surface area contributed by atoms with Crippen molar-refractivity contribution in [2.75, 3.05) is 7.11 Å². The monoisotopic (exact) mass is 458 g/mol. The fraction of sp³-hybridized carbons (Fsp3) is 0.296. The Balaban J connectivity index is 2.02. The van der Waals surface area contributed by atoms with Crippen LogP contribution < -0.4 is 4.74 Å². The number of methoxy groups -OCH3 is 1. The Morgan fingerprint density at radius 1 is 1.09 bits per heavy atom. The Morgan fingerprint density at radius 3 is 2.24 bits per heavy atom. The molecule has 1 aliphatic carbocycles. The second-order valence-electron chi connectivity index (χ2n) is 9.44. The summed E-state index contributed by atoms with van der Waals surface area (Å²) in [6.07, 6.45) is -2.18. The fourth-order valence-corrected chi connectivity index (χ4v) is 4.44. The van der Waals surface area contributed by atoms with Crippen LogP contribution in [0.2, 0.25) is 0 Å². The smallest absolute Gasteiger partial charge is 0.422 e. The van der Waals surface area contributed by atoms with Gasteiger partial charge in [0.1, 0.15) is 22.9 Å². The molecule has 2 atom stereocenters. The van der Waals surface area contributed by atoms with Crippen LogP contribution in [0.3, 0.4) is 0 Å². The lowest BCUT2D eigenvalue weighted by Crippen LogP contribution is -2.38. The number of fused-ring (bicyclic) bond motifs is 1. The van der Waals surface area contributed by atoms with Gasteiger partial charge in [0.2, 0.25) is 0 Å². The third-order valence-corrected chi connectivity index (χ3v) is 5.99. The summed E-state index contributed by atoms with van der Waals surface area (Å²) in [5, 5.41) is 21.6. The molecule has 34 heavy (non-hydrogen) atoms. The van der Waals surface area contributed by atoms with Gasteiger partial charge in [-0.25, -0.2) is 9.69 Å². The Labute approximate surface area is 198 Å². The highest BCUT2D eigenvalue weighted by Crippen LogP contribution is 2.56. The molecule has 1 aliphatic heterocycles. The summed E-state index contributed by atoms with van der Waals surface area (Å²) in [7, 11) is 1.54. The van der Waals surface area contributed by atoms with Crippen LogP contribution >= 0.6 is 0 Å². The lowest BCUT2D eigenvalue weighted by Gasteiger charge is -2.28. The molecule has 2 aromatic carbocycles. The molecule has 2 aliphatic rings. The maximum Gasteiger partial charge on any atom is 0.422 e. The van der Waals surface area contributed by atoms with Crippen LogP contribution in [-0.2, 0) is 9.53 Å². The summed E-state index contributed by atoms with van der Waals surface area (Å²) in [4.78, 5) is 28.0. The van der Waals surface area contributed by atoms with Crippen molar-refractivity contribution < 1.29 is 24.2 Å². The minimum atomic E-state index is -1.41. The summed E-state index contributed by atoms with van der Waals surface area (Å²) in [5.41, 5.74) is -0.119. The van der Waals surface area contributed by atoms with Gasteiger partial charge in [-0.3, -0.25) is 4.79 Å². The third kappa shape index (κ3) is 3.57. The number of nitrogens with zero attached hydrogens (tertiary/aromatic N) is 2. The van der Waals surface area contributed by atoms with E-state index in [1.165, 1.54) is 0 Å². The summed E-state index contributed by atoms with van der Waals surface area (Å²) < 4.78 is 10.8. The molecule has 2 amide bonds. The molecule has 1 N–H and O–H groups in total. The van der Waals surface area contributed by atoms with E-state index in [0.29, 0.717) is 22.4 Å².